The number of hydrogen-bond donors (Lipinski definition) is 3. The first-order valence-electron chi connectivity index (χ1n) is 3.85. The Bertz CT molecular complexity index is 518. The van der Waals surface area contributed by atoms with Crippen LogP contribution in [0.5, 0.6) is 0 Å². The molecule has 88 valence electrons. The molecule has 0 spiro atoms. The molecule has 0 fully saturated rings. The molecule has 1 rings (SSSR count). The van der Waals surface area contributed by atoms with Crippen LogP contribution in [0.1, 0.15) is 0 Å². The maximum absolute atomic E-state index is 11.7. The predicted octanol–water partition coefficient (Wildman–Crippen LogP) is 1.02. The Labute approximate surface area is 108 Å². The van der Waals surface area contributed by atoms with E-state index in [0.29, 0.717) is 0 Å². The van der Waals surface area contributed by atoms with Gasteiger partial charge >= 0.3 is 0 Å². The highest BCUT2D eigenvalue weighted by molar-refractivity contribution is 7.89. The average molecular weight is 300 g/mol. The molecule has 0 aliphatic carbocycles. The molecule has 4 N–H and O–H groups in total. The van der Waals surface area contributed by atoms with Crippen LogP contribution >= 0.6 is 35.4 Å². The van der Waals surface area contributed by atoms with Crippen LogP contribution in [0.2, 0.25) is 10.0 Å². The minimum Gasteiger partial charge on any atom is -0.375 e. The van der Waals surface area contributed by atoms with Crippen LogP contribution in [0.4, 0.5) is 0 Å². The molecule has 16 heavy (non-hydrogen) atoms. The van der Waals surface area contributed by atoms with Crippen molar-refractivity contribution in [2.24, 2.45) is 5.73 Å². The predicted molar refractivity (Wildman–Crippen MR) is 66.7 cm³/mol. The summed E-state index contributed by atoms with van der Waals surface area (Å²) in [6, 6.07) is 4.07. The summed E-state index contributed by atoms with van der Waals surface area (Å²) in [4.78, 5) is 1.79. The first-order valence-corrected chi connectivity index (χ1v) is 6.50. The monoisotopic (exact) mass is 299 g/mol. The molecule has 1 aromatic carbocycles. The van der Waals surface area contributed by atoms with E-state index in [1.54, 1.807) is 0 Å². The fourth-order valence-corrected chi connectivity index (χ4v) is 2.59. The second-order valence-corrected chi connectivity index (χ2v) is 5.60. The lowest BCUT2D eigenvalue weighted by molar-refractivity contribution is 0.577. The molecule has 0 heterocycles. The second kappa shape index (κ2) is 5.15. The van der Waals surface area contributed by atoms with Gasteiger partial charge in [0.05, 0.1) is 5.02 Å². The van der Waals surface area contributed by atoms with Crippen molar-refractivity contribution in [3.05, 3.63) is 28.2 Å². The molecule has 0 aliphatic heterocycles. The zero-order valence-corrected chi connectivity index (χ0v) is 10.8. The van der Waals surface area contributed by atoms with Gasteiger partial charge in [-0.2, -0.15) is 0 Å². The van der Waals surface area contributed by atoms with Crippen LogP contribution in [-0.4, -0.2) is 13.5 Å². The lowest BCUT2D eigenvalue weighted by atomic mass is 10.4. The summed E-state index contributed by atoms with van der Waals surface area (Å²) in [6.07, 6.45) is 0. The maximum atomic E-state index is 11.7. The first-order chi connectivity index (χ1) is 7.33. The lowest BCUT2D eigenvalue weighted by Crippen LogP contribution is -2.44. The Kier molecular flexibility index (Phi) is 4.34. The van der Waals surface area contributed by atoms with Crippen molar-refractivity contribution in [3.63, 3.8) is 0 Å². The van der Waals surface area contributed by atoms with Gasteiger partial charge in [-0.1, -0.05) is 23.2 Å². The van der Waals surface area contributed by atoms with Crippen molar-refractivity contribution < 1.29 is 8.42 Å². The smallest absolute Gasteiger partial charge is 0.258 e. The molecule has 0 aromatic heterocycles. The van der Waals surface area contributed by atoms with Gasteiger partial charge in [0.15, 0.2) is 5.11 Å². The zero-order valence-electron chi connectivity index (χ0n) is 7.70. The van der Waals surface area contributed by atoms with E-state index >= 15 is 0 Å². The lowest BCUT2D eigenvalue weighted by Gasteiger charge is -2.09. The van der Waals surface area contributed by atoms with Gasteiger partial charge < -0.3 is 5.73 Å². The van der Waals surface area contributed by atoms with Gasteiger partial charge in [0, 0.05) is 5.02 Å². The zero-order chi connectivity index (χ0) is 12.3. The SMILES string of the molecule is NC(=S)NNS(=O)(=O)c1cc(Cl)ccc1Cl. The number of halogens is 2. The van der Waals surface area contributed by atoms with Crippen LogP contribution in [-0.2, 0) is 10.0 Å². The number of hydrazine groups is 1. The Balaban J connectivity index is 3.07. The summed E-state index contributed by atoms with van der Waals surface area (Å²) < 4.78 is 23.4. The fraction of sp³-hybridized carbons (Fsp3) is 0. The summed E-state index contributed by atoms with van der Waals surface area (Å²) in [6.45, 7) is 0. The quantitative estimate of drug-likeness (QED) is 0.573. The van der Waals surface area contributed by atoms with Crippen LogP contribution in [0.3, 0.4) is 0 Å². The van der Waals surface area contributed by atoms with E-state index in [2.05, 4.69) is 17.6 Å². The topological polar surface area (TPSA) is 84.2 Å². The molecule has 0 radical (unpaired) electrons. The van der Waals surface area contributed by atoms with E-state index in [-0.39, 0.29) is 20.1 Å². The fourth-order valence-electron chi connectivity index (χ4n) is 0.856. The molecular formula is C7H7Cl2N3O2S2. The molecule has 1 aromatic rings. The Morgan fingerprint density at radius 3 is 2.56 bits per heavy atom. The van der Waals surface area contributed by atoms with Crippen molar-refractivity contribution in [1.29, 1.82) is 0 Å². The standard InChI is InChI=1S/C7H7Cl2N3O2S2/c8-4-1-2-5(9)6(3-4)16(13,14)12-11-7(10)15/h1-3,12H,(H3,10,11,15). The van der Waals surface area contributed by atoms with Crippen molar-refractivity contribution >= 4 is 50.6 Å². The largest absolute Gasteiger partial charge is 0.375 e. The minimum absolute atomic E-state index is 0.0432. The summed E-state index contributed by atoms with van der Waals surface area (Å²) in [7, 11) is -3.85. The average Bonchev–Trinajstić information content (AvgIpc) is 2.19. The van der Waals surface area contributed by atoms with Crippen LogP contribution in [0, 0.1) is 0 Å². The van der Waals surface area contributed by atoms with E-state index in [4.69, 9.17) is 28.9 Å². The van der Waals surface area contributed by atoms with Gasteiger partial charge in [-0.3, -0.25) is 5.43 Å². The molecule has 5 nitrogen and oxygen atoms in total. The minimum atomic E-state index is -3.85. The second-order valence-electron chi connectivity index (χ2n) is 2.67. The number of thiocarbonyl (C=S) groups is 1. The van der Waals surface area contributed by atoms with Crippen LogP contribution in [0.15, 0.2) is 23.1 Å². The Morgan fingerprint density at radius 1 is 1.38 bits per heavy atom. The molecule has 0 unspecified atom stereocenters. The molecular weight excluding hydrogens is 293 g/mol. The third-order valence-corrected chi connectivity index (χ3v) is 3.56. The van der Waals surface area contributed by atoms with E-state index in [1.807, 2.05) is 4.83 Å². The van der Waals surface area contributed by atoms with Gasteiger partial charge in [-0.15, -0.1) is 4.83 Å². The summed E-state index contributed by atoms with van der Waals surface area (Å²) in [5.41, 5.74) is 7.18. The number of sulfonamides is 1. The van der Waals surface area contributed by atoms with E-state index in [0.717, 1.165) is 0 Å². The van der Waals surface area contributed by atoms with E-state index in [1.165, 1.54) is 18.2 Å². The Morgan fingerprint density at radius 2 is 2.00 bits per heavy atom. The number of nitrogens with one attached hydrogen (secondary N) is 2. The highest BCUT2D eigenvalue weighted by Crippen LogP contribution is 2.24. The van der Waals surface area contributed by atoms with Crippen LogP contribution < -0.4 is 16.0 Å². The van der Waals surface area contributed by atoms with Crippen molar-refractivity contribution in [2.75, 3.05) is 0 Å². The molecule has 0 atom stereocenters. The van der Waals surface area contributed by atoms with Gasteiger partial charge in [0.2, 0.25) is 0 Å². The number of benzene rings is 1. The molecule has 0 amide bonds. The van der Waals surface area contributed by atoms with Crippen molar-refractivity contribution in [1.82, 2.24) is 10.3 Å². The molecule has 0 saturated heterocycles. The summed E-state index contributed by atoms with van der Waals surface area (Å²) >= 11 is 15.8. The molecule has 0 aliphatic rings. The van der Waals surface area contributed by atoms with E-state index < -0.39 is 10.0 Å². The summed E-state index contributed by atoms with van der Waals surface area (Å²) in [5, 5.41) is 0.0865. The van der Waals surface area contributed by atoms with Gasteiger partial charge in [0.1, 0.15) is 4.90 Å². The number of hydrogen-bond acceptors (Lipinski definition) is 3. The number of nitrogens with two attached hydrogens (primary N) is 1. The van der Waals surface area contributed by atoms with Gasteiger partial charge in [-0.25, -0.2) is 8.42 Å². The third-order valence-electron chi connectivity index (χ3n) is 1.49. The van der Waals surface area contributed by atoms with Crippen molar-refractivity contribution in [2.45, 2.75) is 4.90 Å². The molecule has 9 heteroatoms. The normalized spacial score (nSPS) is 11.1. The van der Waals surface area contributed by atoms with Crippen LogP contribution in [0.25, 0.3) is 0 Å². The highest BCUT2D eigenvalue weighted by atomic mass is 35.5. The maximum Gasteiger partial charge on any atom is 0.258 e. The number of rotatable bonds is 3. The van der Waals surface area contributed by atoms with E-state index in [9.17, 15) is 8.42 Å². The first kappa shape index (κ1) is 13.5. The van der Waals surface area contributed by atoms with Gasteiger partial charge in [0.25, 0.3) is 10.0 Å². The van der Waals surface area contributed by atoms with Crippen molar-refractivity contribution in [3.8, 4) is 0 Å². The molecule has 0 bridgehead atoms. The summed E-state index contributed by atoms with van der Waals surface area (Å²) in [5.74, 6) is 0. The Hall–Kier alpha value is -0.600. The highest BCUT2D eigenvalue weighted by Gasteiger charge is 2.18. The van der Waals surface area contributed by atoms with Gasteiger partial charge in [-0.05, 0) is 30.4 Å². The molecule has 0 saturated carbocycles. The third kappa shape index (κ3) is 3.46.